The summed E-state index contributed by atoms with van der Waals surface area (Å²) in [4.78, 5) is 24.4. The monoisotopic (exact) mass is 409 g/mol. The highest BCUT2D eigenvalue weighted by atomic mass is 35.5. The first kappa shape index (κ1) is 20.2. The average Bonchev–Trinajstić information content (AvgIpc) is 2.73. The van der Waals surface area contributed by atoms with E-state index in [1.54, 1.807) is 36.4 Å². The Kier molecular flexibility index (Phi) is 6.71. The van der Waals surface area contributed by atoms with Crippen molar-refractivity contribution < 1.29 is 14.3 Å². The lowest BCUT2D eigenvalue weighted by atomic mass is 10.1. The summed E-state index contributed by atoms with van der Waals surface area (Å²) >= 11 is 6.06. The molecule has 29 heavy (non-hydrogen) atoms. The van der Waals surface area contributed by atoms with E-state index in [4.69, 9.17) is 16.3 Å². The highest BCUT2D eigenvalue weighted by Gasteiger charge is 2.07. The minimum atomic E-state index is -0.370. The van der Waals surface area contributed by atoms with E-state index in [1.807, 2.05) is 36.4 Å². The van der Waals surface area contributed by atoms with E-state index in [0.717, 1.165) is 5.56 Å². The molecule has 3 N–H and O–H groups in total. The summed E-state index contributed by atoms with van der Waals surface area (Å²) in [7, 11) is 1.53. The largest absolute Gasteiger partial charge is 0.495 e. The van der Waals surface area contributed by atoms with Crippen LogP contribution in [0.4, 0.5) is 16.2 Å². The fraction of sp³-hybridized carbons (Fsp3) is 0.0909. The van der Waals surface area contributed by atoms with Crippen molar-refractivity contribution in [3.63, 3.8) is 0 Å². The standard InChI is InChI=1S/C22H20ClN3O3/c1-29-20-11-10-18(13-19(20)23)26-22(28)24-14-15-6-5-9-17(12-15)25-21(27)16-7-3-2-4-8-16/h2-13H,14H2,1H3,(H,25,27)(H2,24,26,28). The van der Waals surface area contributed by atoms with E-state index in [-0.39, 0.29) is 11.9 Å². The second kappa shape index (κ2) is 9.61. The molecule has 6 nitrogen and oxygen atoms in total. The third-order valence-corrected chi connectivity index (χ3v) is 4.38. The van der Waals surface area contributed by atoms with Crippen LogP contribution >= 0.6 is 11.6 Å². The highest BCUT2D eigenvalue weighted by molar-refractivity contribution is 6.32. The third kappa shape index (κ3) is 5.73. The van der Waals surface area contributed by atoms with Gasteiger partial charge in [-0.15, -0.1) is 0 Å². The fourth-order valence-electron chi connectivity index (χ4n) is 2.65. The molecule has 0 spiro atoms. The first-order valence-electron chi connectivity index (χ1n) is 8.89. The Morgan fingerprint density at radius 1 is 0.897 bits per heavy atom. The molecule has 3 aromatic rings. The molecular formula is C22H20ClN3O3. The first-order valence-corrected chi connectivity index (χ1v) is 9.26. The number of hydrogen-bond acceptors (Lipinski definition) is 3. The van der Waals surface area contributed by atoms with E-state index in [0.29, 0.717) is 34.3 Å². The smallest absolute Gasteiger partial charge is 0.319 e. The normalized spacial score (nSPS) is 10.1. The molecule has 0 radical (unpaired) electrons. The van der Waals surface area contributed by atoms with Crippen LogP contribution in [-0.4, -0.2) is 19.0 Å². The third-order valence-electron chi connectivity index (χ3n) is 4.08. The molecular weight excluding hydrogens is 390 g/mol. The van der Waals surface area contributed by atoms with Crippen molar-refractivity contribution in [1.82, 2.24) is 5.32 Å². The highest BCUT2D eigenvalue weighted by Crippen LogP contribution is 2.27. The first-order chi connectivity index (χ1) is 14.0. The van der Waals surface area contributed by atoms with Gasteiger partial charge in [-0.1, -0.05) is 41.9 Å². The number of amides is 3. The van der Waals surface area contributed by atoms with Gasteiger partial charge in [-0.3, -0.25) is 4.79 Å². The number of rotatable bonds is 6. The van der Waals surface area contributed by atoms with E-state index < -0.39 is 0 Å². The molecule has 0 bridgehead atoms. The molecule has 0 aliphatic rings. The number of urea groups is 1. The fourth-order valence-corrected chi connectivity index (χ4v) is 2.91. The number of nitrogens with one attached hydrogen (secondary N) is 3. The van der Waals surface area contributed by atoms with Crippen LogP contribution < -0.4 is 20.7 Å². The van der Waals surface area contributed by atoms with Gasteiger partial charge in [0.2, 0.25) is 0 Å². The Morgan fingerprint density at radius 2 is 1.66 bits per heavy atom. The van der Waals surface area contributed by atoms with Crippen molar-refractivity contribution in [2.45, 2.75) is 6.54 Å². The van der Waals surface area contributed by atoms with Crippen molar-refractivity contribution in [3.05, 3.63) is 88.9 Å². The quantitative estimate of drug-likeness (QED) is 0.540. The molecule has 0 aromatic heterocycles. The van der Waals surface area contributed by atoms with Crippen LogP contribution in [0, 0.1) is 0 Å². The Hall–Kier alpha value is -3.51. The number of halogens is 1. The van der Waals surface area contributed by atoms with Crippen molar-refractivity contribution in [1.29, 1.82) is 0 Å². The molecule has 0 saturated heterocycles. The number of benzene rings is 3. The molecule has 0 aliphatic carbocycles. The van der Waals surface area contributed by atoms with E-state index in [2.05, 4.69) is 16.0 Å². The SMILES string of the molecule is COc1ccc(NC(=O)NCc2cccc(NC(=O)c3ccccc3)c2)cc1Cl. The Labute approximate surface area is 173 Å². The lowest BCUT2D eigenvalue weighted by molar-refractivity contribution is 0.102. The molecule has 7 heteroatoms. The number of carbonyl (C=O) groups excluding carboxylic acids is 2. The van der Waals surface area contributed by atoms with Crippen molar-refractivity contribution >= 4 is 34.9 Å². The van der Waals surface area contributed by atoms with E-state index in [9.17, 15) is 9.59 Å². The van der Waals surface area contributed by atoms with Gasteiger partial charge in [-0.2, -0.15) is 0 Å². The van der Waals surface area contributed by atoms with Crippen LogP contribution in [0.5, 0.6) is 5.75 Å². The minimum Gasteiger partial charge on any atom is -0.495 e. The Bertz CT molecular complexity index is 1010. The Balaban J connectivity index is 1.55. The molecule has 0 heterocycles. The van der Waals surface area contributed by atoms with E-state index in [1.165, 1.54) is 7.11 Å². The molecule has 0 aliphatic heterocycles. The maximum Gasteiger partial charge on any atom is 0.319 e. The van der Waals surface area contributed by atoms with Crippen molar-refractivity contribution in [2.75, 3.05) is 17.7 Å². The van der Waals surface area contributed by atoms with Gasteiger partial charge in [-0.25, -0.2) is 4.79 Å². The zero-order chi connectivity index (χ0) is 20.6. The van der Waals surface area contributed by atoms with Gasteiger partial charge in [0.15, 0.2) is 0 Å². The van der Waals surface area contributed by atoms with Crippen LogP contribution in [0.15, 0.2) is 72.8 Å². The van der Waals surface area contributed by atoms with Crippen molar-refractivity contribution in [3.8, 4) is 5.75 Å². The lowest BCUT2D eigenvalue weighted by Gasteiger charge is -2.11. The molecule has 0 saturated carbocycles. The van der Waals surface area contributed by atoms with Crippen LogP contribution in [0.1, 0.15) is 15.9 Å². The molecule has 148 valence electrons. The van der Waals surface area contributed by atoms with Crippen molar-refractivity contribution in [2.24, 2.45) is 0 Å². The van der Waals surface area contributed by atoms with Gasteiger partial charge < -0.3 is 20.7 Å². The van der Waals surface area contributed by atoms with Gasteiger partial charge >= 0.3 is 6.03 Å². The second-order valence-electron chi connectivity index (χ2n) is 6.18. The number of carbonyl (C=O) groups is 2. The molecule has 0 unspecified atom stereocenters. The van der Waals surface area contributed by atoms with Crippen LogP contribution in [0.25, 0.3) is 0 Å². The minimum absolute atomic E-state index is 0.190. The zero-order valence-corrected chi connectivity index (χ0v) is 16.5. The summed E-state index contributed by atoms with van der Waals surface area (Å²) in [6, 6.07) is 20.9. The Morgan fingerprint density at radius 3 is 2.38 bits per heavy atom. The van der Waals surface area contributed by atoms with Gasteiger partial charge in [-0.05, 0) is 48.0 Å². The summed E-state index contributed by atoms with van der Waals surface area (Å²) in [6.07, 6.45) is 0. The maximum absolute atomic E-state index is 12.3. The predicted molar refractivity (Wildman–Crippen MR) is 115 cm³/mol. The number of ether oxygens (including phenoxy) is 1. The maximum atomic E-state index is 12.3. The molecule has 3 aromatic carbocycles. The number of anilines is 2. The topological polar surface area (TPSA) is 79.5 Å². The summed E-state index contributed by atoms with van der Waals surface area (Å²) < 4.78 is 5.09. The van der Waals surface area contributed by atoms with E-state index >= 15 is 0 Å². The zero-order valence-electron chi connectivity index (χ0n) is 15.7. The molecule has 3 amide bonds. The van der Waals surface area contributed by atoms with Gasteiger partial charge in [0.05, 0.1) is 12.1 Å². The number of methoxy groups -OCH3 is 1. The van der Waals surface area contributed by atoms with Gasteiger partial charge in [0, 0.05) is 23.5 Å². The summed E-state index contributed by atoms with van der Waals surface area (Å²) in [6.45, 7) is 0.296. The van der Waals surface area contributed by atoms with Crippen LogP contribution in [0.2, 0.25) is 5.02 Å². The van der Waals surface area contributed by atoms with Gasteiger partial charge in [0.25, 0.3) is 5.91 Å². The summed E-state index contributed by atoms with van der Waals surface area (Å²) in [5, 5.41) is 8.74. The molecule has 0 fully saturated rings. The van der Waals surface area contributed by atoms with Gasteiger partial charge in [0.1, 0.15) is 5.75 Å². The average molecular weight is 410 g/mol. The summed E-state index contributed by atoms with van der Waals surface area (Å²) in [5.74, 6) is 0.344. The second-order valence-corrected chi connectivity index (χ2v) is 6.58. The van der Waals surface area contributed by atoms with Crippen LogP contribution in [0.3, 0.4) is 0 Å². The predicted octanol–water partition coefficient (Wildman–Crippen LogP) is 4.92. The number of hydrogen-bond donors (Lipinski definition) is 3. The molecule has 3 rings (SSSR count). The molecule has 0 atom stereocenters. The summed E-state index contributed by atoms with van der Waals surface area (Å²) in [5.41, 5.74) is 2.63. The lowest BCUT2D eigenvalue weighted by Crippen LogP contribution is -2.28. The van der Waals surface area contributed by atoms with Crippen LogP contribution in [-0.2, 0) is 6.54 Å².